The molecule has 1 N–H and O–H groups in total. The Kier molecular flexibility index (Phi) is 4.81. The minimum atomic E-state index is -0.620. The summed E-state index contributed by atoms with van der Waals surface area (Å²) in [6, 6.07) is 7.22. The van der Waals surface area contributed by atoms with E-state index in [2.05, 4.69) is 10.3 Å². The summed E-state index contributed by atoms with van der Waals surface area (Å²) in [5.74, 6) is -0.134. The summed E-state index contributed by atoms with van der Waals surface area (Å²) in [5.41, 5.74) is 1.29. The van der Waals surface area contributed by atoms with Crippen LogP contribution in [-0.4, -0.2) is 27.1 Å². The van der Waals surface area contributed by atoms with Gasteiger partial charge in [0.1, 0.15) is 17.7 Å². The van der Waals surface area contributed by atoms with E-state index in [0.29, 0.717) is 17.0 Å². The highest BCUT2D eigenvalue weighted by Crippen LogP contribution is 2.23. The van der Waals surface area contributed by atoms with Gasteiger partial charge in [0.05, 0.1) is 7.11 Å². The Morgan fingerprint density at radius 1 is 1.19 bits per heavy atom. The molecule has 0 bridgehead atoms. The molecule has 27 heavy (non-hydrogen) atoms. The van der Waals surface area contributed by atoms with E-state index in [-0.39, 0.29) is 11.0 Å². The number of anilines is 1. The van der Waals surface area contributed by atoms with E-state index in [9.17, 15) is 14.4 Å². The topological polar surface area (TPSA) is 95.2 Å². The molecule has 0 fully saturated rings. The Labute approximate surface area is 155 Å². The van der Waals surface area contributed by atoms with Crippen LogP contribution < -0.4 is 21.3 Å². The number of nitrogens with one attached hydrogen (secondary N) is 1. The smallest absolute Gasteiger partial charge is 0.332 e. The molecular weight excluding hydrogens is 348 g/mol. The lowest BCUT2D eigenvalue weighted by Gasteiger charge is -2.13. The van der Waals surface area contributed by atoms with Gasteiger partial charge in [-0.3, -0.25) is 14.2 Å². The quantitative estimate of drug-likeness (QED) is 0.750. The van der Waals surface area contributed by atoms with Gasteiger partial charge < -0.3 is 10.1 Å². The number of hydrogen-bond donors (Lipinski definition) is 1. The molecule has 0 unspecified atom stereocenters. The fraction of sp³-hybridized carbons (Fsp3) is 0.263. The number of pyridine rings is 1. The third-order valence-corrected chi connectivity index (χ3v) is 4.33. The molecule has 0 saturated heterocycles. The predicted molar refractivity (Wildman–Crippen MR) is 102 cm³/mol. The van der Waals surface area contributed by atoms with Crippen LogP contribution in [-0.2, 0) is 18.4 Å². The largest absolute Gasteiger partial charge is 0.495 e. The van der Waals surface area contributed by atoms with Crippen molar-refractivity contribution in [2.75, 3.05) is 12.4 Å². The van der Waals surface area contributed by atoms with E-state index in [0.717, 1.165) is 10.1 Å². The number of benzene rings is 1. The maximum absolute atomic E-state index is 12.9. The zero-order chi connectivity index (χ0) is 19.7. The van der Waals surface area contributed by atoms with Crippen molar-refractivity contribution in [3.8, 4) is 5.75 Å². The standard InChI is InChI=1S/C19H20N4O4/c1-11-5-7-13(8-6-11)21-14(24)10-23-18(25)15-16(27-4)12(2)9-20-17(15)22(3)19(23)26/h5-9H,10H2,1-4H3,(H,21,24). The number of rotatable bonds is 4. The highest BCUT2D eigenvalue weighted by atomic mass is 16.5. The van der Waals surface area contributed by atoms with Crippen molar-refractivity contribution in [3.05, 3.63) is 62.4 Å². The Morgan fingerprint density at radius 3 is 2.48 bits per heavy atom. The monoisotopic (exact) mass is 368 g/mol. The third kappa shape index (κ3) is 3.33. The van der Waals surface area contributed by atoms with Crippen LogP contribution in [0.4, 0.5) is 5.69 Å². The van der Waals surface area contributed by atoms with Crippen molar-refractivity contribution < 1.29 is 9.53 Å². The maximum Gasteiger partial charge on any atom is 0.332 e. The highest BCUT2D eigenvalue weighted by molar-refractivity contribution is 5.91. The zero-order valence-corrected chi connectivity index (χ0v) is 15.6. The molecule has 0 aliphatic heterocycles. The first-order chi connectivity index (χ1) is 12.8. The van der Waals surface area contributed by atoms with Gasteiger partial charge in [-0.25, -0.2) is 14.3 Å². The second-order valence-corrected chi connectivity index (χ2v) is 6.32. The molecular formula is C19H20N4O4. The summed E-state index contributed by atoms with van der Waals surface area (Å²) in [7, 11) is 2.95. The van der Waals surface area contributed by atoms with Crippen molar-refractivity contribution in [3.63, 3.8) is 0 Å². The number of hydrogen-bond acceptors (Lipinski definition) is 5. The van der Waals surface area contributed by atoms with Crippen LogP contribution in [0.25, 0.3) is 11.0 Å². The molecule has 140 valence electrons. The predicted octanol–water partition coefficient (Wildman–Crippen LogP) is 1.36. The Balaban J connectivity index is 2.06. The van der Waals surface area contributed by atoms with Gasteiger partial charge in [-0.2, -0.15) is 0 Å². The first-order valence-electron chi connectivity index (χ1n) is 8.33. The lowest BCUT2D eigenvalue weighted by atomic mass is 10.2. The maximum atomic E-state index is 12.9. The van der Waals surface area contributed by atoms with Crippen LogP contribution in [0.3, 0.4) is 0 Å². The number of carbonyl (C=O) groups is 1. The SMILES string of the molecule is COc1c(C)cnc2c1c(=O)n(CC(=O)Nc1ccc(C)cc1)c(=O)n2C. The van der Waals surface area contributed by atoms with E-state index >= 15 is 0 Å². The summed E-state index contributed by atoms with van der Waals surface area (Å²) < 4.78 is 7.45. The number of amides is 1. The van der Waals surface area contributed by atoms with Gasteiger partial charge in [0.25, 0.3) is 5.56 Å². The molecule has 2 heterocycles. The number of fused-ring (bicyclic) bond motifs is 1. The average molecular weight is 368 g/mol. The lowest BCUT2D eigenvalue weighted by Crippen LogP contribution is -2.42. The van der Waals surface area contributed by atoms with Crippen molar-refractivity contribution in [2.45, 2.75) is 20.4 Å². The van der Waals surface area contributed by atoms with Gasteiger partial charge in [-0.1, -0.05) is 17.7 Å². The summed E-state index contributed by atoms with van der Waals surface area (Å²) in [6.07, 6.45) is 1.54. The van der Waals surface area contributed by atoms with Crippen LogP contribution >= 0.6 is 0 Å². The molecule has 1 aromatic carbocycles. The number of ether oxygens (including phenoxy) is 1. The van der Waals surface area contributed by atoms with Gasteiger partial charge in [0.2, 0.25) is 5.91 Å². The highest BCUT2D eigenvalue weighted by Gasteiger charge is 2.19. The van der Waals surface area contributed by atoms with E-state index < -0.39 is 23.7 Å². The Hall–Kier alpha value is -3.42. The first-order valence-corrected chi connectivity index (χ1v) is 8.33. The van der Waals surface area contributed by atoms with E-state index in [4.69, 9.17) is 4.74 Å². The van der Waals surface area contributed by atoms with Crippen LogP contribution in [0.15, 0.2) is 40.1 Å². The second kappa shape index (κ2) is 7.06. The van der Waals surface area contributed by atoms with Crippen LogP contribution in [0, 0.1) is 13.8 Å². The number of carbonyl (C=O) groups excluding carboxylic acids is 1. The minimum Gasteiger partial charge on any atom is -0.495 e. The summed E-state index contributed by atoms with van der Waals surface area (Å²) in [4.78, 5) is 42.1. The summed E-state index contributed by atoms with van der Waals surface area (Å²) in [6.45, 7) is 3.28. The molecule has 0 aliphatic carbocycles. The van der Waals surface area contributed by atoms with Crippen LogP contribution in [0.1, 0.15) is 11.1 Å². The zero-order valence-electron chi connectivity index (χ0n) is 15.6. The van der Waals surface area contributed by atoms with E-state index in [1.807, 2.05) is 19.1 Å². The number of aryl methyl sites for hydroxylation is 3. The summed E-state index contributed by atoms with van der Waals surface area (Å²) in [5, 5.41) is 2.86. The van der Waals surface area contributed by atoms with Crippen molar-refractivity contribution >= 4 is 22.6 Å². The van der Waals surface area contributed by atoms with Crippen molar-refractivity contribution in [1.29, 1.82) is 0 Å². The molecule has 3 rings (SSSR count). The minimum absolute atomic E-state index is 0.169. The van der Waals surface area contributed by atoms with Gasteiger partial charge in [-0.05, 0) is 26.0 Å². The molecule has 0 aliphatic rings. The Bertz CT molecular complexity index is 1140. The molecule has 0 spiro atoms. The number of methoxy groups -OCH3 is 1. The molecule has 1 amide bonds. The van der Waals surface area contributed by atoms with Crippen LogP contribution in [0.5, 0.6) is 5.75 Å². The molecule has 0 radical (unpaired) electrons. The molecule has 2 aromatic heterocycles. The van der Waals surface area contributed by atoms with Gasteiger partial charge >= 0.3 is 5.69 Å². The van der Waals surface area contributed by atoms with Crippen LogP contribution in [0.2, 0.25) is 0 Å². The van der Waals surface area contributed by atoms with Gasteiger partial charge in [0, 0.05) is 24.5 Å². The second-order valence-electron chi connectivity index (χ2n) is 6.32. The fourth-order valence-corrected chi connectivity index (χ4v) is 2.90. The van der Waals surface area contributed by atoms with Gasteiger partial charge in [0.15, 0.2) is 5.65 Å². The van der Waals surface area contributed by atoms with Crippen molar-refractivity contribution in [1.82, 2.24) is 14.1 Å². The third-order valence-electron chi connectivity index (χ3n) is 4.33. The molecule has 0 saturated carbocycles. The molecule has 8 heteroatoms. The molecule has 3 aromatic rings. The normalized spacial score (nSPS) is 10.8. The number of nitrogens with zero attached hydrogens (tertiary/aromatic N) is 3. The van der Waals surface area contributed by atoms with E-state index in [1.54, 1.807) is 19.1 Å². The van der Waals surface area contributed by atoms with Gasteiger partial charge in [-0.15, -0.1) is 0 Å². The van der Waals surface area contributed by atoms with Crippen molar-refractivity contribution in [2.24, 2.45) is 7.05 Å². The first kappa shape index (κ1) is 18.4. The molecule has 8 nitrogen and oxygen atoms in total. The lowest BCUT2D eigenvalue weighted by molar-refractivity contribution is -0.116. The Morgan fingerprint density at radius 2 is 1.85 bits per heavy atom. The average Bonchev–Trinajstić information content (AvgIpc) is 2.65. The van der Waals surface area contributed by atoms with E-state index in [1.165, 1.54) is 24.9 Å². The molecule has 0 atom stereocenters. The summed E-state index contributed by atoms with van der Waals surface area (Å²) >= 11 is 0. The fourth-order valence-electron chi connectivity index (χ4n) is 2.90. The number of aromatic nitrogens is 3.